The molecule has 0 aliphatic heterocycles. The van der Waals surface area contributed by atoms with Crippen LogP contribution in [0.5, 0.6) is 0 Å². The average Bonchev–Trinajstić information content (AvgIpc) is 2.19. The summed E-state index contributed by atoms with van der Waals surface area (Å²) in [6, 6.07) is 4.97. The Morgan fingerprint density at radius 2 is 1.87 bits per heavy atom. The summed E-state index contributed by atoms with van der Waals surface area (Å²) in [5.41, 5.74) is 1.54. The maximum absolute atomic E-state index is 10.8. The van der Waals surface area contributed by atoms with Crippen LogP contribution < -0.4 is 0 Å². The fourth-order valence-electron chi connectivity index (χ4n) is 1.15. The van der Waals surface area contributed by atoms with Crippen molar-refractivity contribution >= 4 is 34.7 Å². The van der Waals surface area contributed by atoms with Crippen molar-refractivity contribution < 1.29 is 9.90 Å². The number of aliphatic carboxylic acids is 1. The topological polar surface area (TPSA) is 37.3 Å². The van der Waals surface area contributed by atoms with Crippen molar-refractivity contribution in [3.05, 3.63) is 39.4 Å². The van der Waals surface area contributed by atoms with Gasteiger partial charge in [0, 0.05) is 15.6 Å². The van der Waals surface area contributed by atoms with Crippen molar-refractivity contribution in [3.8, 4) is 0 Å². The highest BCUT2D eigenvalue weighted by molar-refractivity contribution is 6.34. The molecular weight excluding hydrogens is 235 g/mol. The lowest BCUT2D eigenvalue weighted by Gasteiger charge is -2.07. The normalized spacial score (nSPS) is 12.3. The fourth-order valence-corrected chi connectivity index (χ4v) is 1.58. The molecule has 1 aromatic carbocycles. The second-order valence-electron chi connectivity index (χ2n) is 3.18. The lowest BCUT2D eigenvalue weighted by molar-refractivity contribution is -0.132. The maximum atomic E-state index is 10.8. The van der Waals surface area contributed by atoms with E-state index in [1.54, 1.807) is 25.1 Å². The summed E-state index contributed by atoms with van der Waals surface area (Å²) < 4.78 is 0. The van der Waals surface area contributed by atoms with Gasteiger partial charge in [-0.2, -0.15) is 0 Å². The molecule has 1 rings (SSSR count). The molecule has 0 saturated carbocycles. The minimum atomic E-state index is -0.955. The van der Waals surface area contributed by atoms with Gasteiger partial charge in [0.05, 0.1) is 0 Å². The van der Waals surface area contributed by atoms with Gasteiger partial charge >= 0.3 is 5.97 Å². The van der Waals surface area contributed by atoms with Crippen LogP contribution in [0, 0.1) is 0 Å². The van der Waals surface area contributed by atoms with E-state index in [-0.39, 0.29) is 5.57 Å². The minimum absolute atomic E-state index is 0.263. The molecule has 15 heavy (non-hydrogen) atoms. The molecule has 0 radical (unpaired) electrons. The second kappa shape index (κ2) is 4.69. The fraction of sp³-hybridized carbons (Fsp3) is 0.182. The number of rotatable bonds is 2. The van der Waals surface area contributed by atoms with Crippen LogP contribution in [-0.4, -0.2) is 11.1 Å². The molecule has 0 saturated heterocycles. The summed E-state index contributed by atoms with van der Waals surface area (Å²) in [5, 5.41) is 9.87. The Morgan fingerprint density at radius 3 is 2.40 bits per heavy atom. The van der Waals surface area contributed by atoms with E-state index in [4.69, 9.17) is 28.3 Å². The first-order chi connectivity index (χ1) is 6.93. The molecule has 80 valence electrons. The van der Waals surface area contributed by atoms with Crippen molar-refractivity contribution in [1.29, 1.82) is 0 Å². The van der Waals surface area contributed by atoms with Gasteiger partial charge in [0.1, 0.15) is 0 Å². The van der Waals surface area contributed by atoms with E-state index in [1.165, 1.54) is 6.92 Å². The van der Waals surface area contributed by atoms with Gasteiger partial charge in [0.15, 0.2) is 0 Å². The molecule has 0 amide bonds. The van der Waals surface area contributed by atoms with Crippen molar-refractivity contribution in [3.63, 3.8) is 0 Å². The molecule has 1 aromatic rings. The SMILES string of the molecule is CC(C(=O)O)=C(C)c1cc(Cl)ccc1Cl. The zero-order valence-electron chi connectivity index (χ0n) is 8.34. The third kappa shape index (κ3) is 2.74. The lowest BCUT2D eigenvalue weighted by atomic mass is 10.0. The molecule has 2 nitrogen and oxygen atoms in total. The van der Waals surface area contributed by atoms with Gasteiger partial charge in [-0.15, -0.1) is 0 Å². The Labute approximate surface area is 98.1 Å². The number of hydrogen-bond acceptors (Lipinski definition) is 1. The molecule has 0 atom stereocenters. The van der Waals surface area contributed by atoms with Gasteiger partial charge in [-0.05, 0) is 43.2 Å². The number of halogens is 2. The van der Waals surface area contributed by atoms with Crippen molar-refractivity contribution in [2.75, 3.05) is 0 Å². The third-order valence-electron chi connectivity index (χ3n) is 2.22. The number of carboxylic acids is 1. The van der Waals surface area contributed by atoms with E-state index in [1.807, 2.05) is 0 Å². The summed E-state index contributed by atoms with van der Waals surface area (Å²) >= 11 is 11.8. The highest BCUT2D eigenvalue weighted by atomic mass is 35.5. The number of hydrogen-bond donors (Lipinski definition) is 1. The van der Waals surface area contributed by atoms with Crippen LogP contribution in [-0.2, 0) is 4.79 Å². The zero-order valence-corrected chi connectivity index (χ0v) is 9.86. The van der Waals surface area contributed by atoms with Crippen molar-refractivity contribution in [2.24, 2.45) is 0 Å². The molecule has 0 spiro atoms. The summed E-state index contributed by atoms with van der Waals surface area (Å²) in [6.07, 6.45) is 0. The Morgan fingerprint density at radius 1 is 1.27 bits per heavy atom. The Bertz CT molecular complexity index is 436. The second-order valence-corrected chi connectivity index (χ2v) is 4.02. The van der Waals surface area contributed by atoms with Gasteiger partial charge in [-0.1, -0.05) is 23.2 Å². The zero-order chi connectivity index (χ0) is 11.6. The molecule has 0 fully saturated rings. The minimum Gasteiger partial charge on any atom is -0.478 e. The summed E-state index contributed by atoms with van der Waals surface area (Å²) in [6.45, 7) is 3.25. The molecule has 0 aromatic heterocycles. The molecule has 0 aliphatic rings. The molecule has 0 aliphatic carbocycles. The predicted octanol–water partition coefficient (Wildman–Crippen LogP) is 3.87. The molecule has 0 unspecified atom stereocenters. The van der Waals surface area contributed by atoms with E-state index in [0.717, 1.165) is 0 Å². The van der Waals surface area contributed by atoms with Crippen LogP contribution in [0.3, 0.4) is 0 Å². The average molecular weight is 245 g/mol. The first kappa shape index (κ1) is 12.1. The largest absolute Gasteiger partial charge is 0.478 e. The van der Waals surface area contributed by atoms with Gasteiger partial charge in [0.2, 0.25) is 0 Å². The number of carbonyl (C=O) groups is 1. The van der Waals surface area contributed by atoms with E-state index < -0.39 is 5.97 Å². The standard InChI is InChI=1S/C11H10Cl2O2/c1-6(7(2)11(14)15)9-5-8(12)3-4-10(9)13/h3-5H,1-2H3,(H,14,15). The van der Waals surface area contributed by atoms with Crippen LogP contribution in [0.15, 0.2) is 23.8 Å². The third-order valence-corrected chi connectivity index (χ3v) is 2.78. The Kier molecular flexibility index (Phi) is 3.77. The molecule has 1 N–H and O–H groups in total. The quantitative estimate of drug-likeness (QED) is 0.803. The van der Waals surface area contributed by atoms with Crippen LogP contribution in [0.2, 0.25) is 10.0 Å². The van der Waals surface area contributed by atoms with Crippen LogP contribution in [0.25, 0.3) is 5.57 Å². The van der Waals surface area contributed by atoms with E-state index in [9.17, 15) is 4.79 Å². The number of benzene rings is 1. The van der Waals surface area contributed by atoms with Gasteiger partial charge < -0.3 is 5.11 Å². The van der Waals surface area contributed by atoms with E-state index >= 15 is 0 Å². The van der Waals surface area contributed by atoms with Gasteiger partial charge in [0.25, 0.3) is 0 Å². The van der Waals surface area contributed by atoms with Crippen molar-refractivity contribution in [2.45, 2.75) is 13.8 Å². The molecule has 4 heteroatoms. The predicted molar refractivity (Wildman–Crippen MR) is 62.4 cm³/mol. The summed E-state index contributed by atoms with van der Waals surface area (Å²) in [7, 11) is 0. The van der Waals surface area contributed by atoms with E-state index in [0.29, 0.717) is 21.2 Å². The van der Waals surface area contributed by atoms with Gasteiger partial charge in [-0.3, -0.25) is 0 Å². The van der Waals surface area contributed by atoms with E-state index in [2.05, 4.69) is 0 Å². The lowest BCUT2D eigenvalue weighted by Crippen LogP contribution is -1.99. The highest BCUT2D eigenvalue weighted by Crippen LogP contribution is 2.28. The summed E-state index contributed by atoms with van der Waals surface area (Å²) in [4.78, 5) is 10.8. The first-order valence-corrected chi connectivity index (χ1v) is 5.05. The summed E-state index contributed by atoms with van der Waals surface area (Å²) in [5.74, 6) is -0.955. The Balaban J connectivity index is 3.33. The highest BCUT2D eigenvalue weighted by Gasteiger charge is 2.10. The Hall–Kier alpha value is -0.990. The monoisotopic (exact) mass is 244 g/mol. The number of allylic oxidation sites excluding steroid dienone is 1. The molecule has 0 bridgehead atoms. The van der Waals surface area contributed by atoms with Crippen LogP contribution >= 0.6 is 23.2 Å². The van der Waals surface area contributed by atoms with Gasteiger partial charge in [-0.25, -0.2) is 4.79 Å². The number of carboxylic acid groups (broad SMARTS) is 1. The van der Waals surface area contributed by atoms with Crippen LogP contribution in [0.1, 0.15) is 19.4 Å². The molecular formula is C11H10Cl2O2. The van der Waals surface area contributed by atoms with Crippen molar-refractivity contribution in [1.82, 2.24) is 0 Å². The maximum Gasteiger partial charge on any atom is 0.331 e. The van der Waals surface area contributed by atoms with Crippen LogP contribution in [0.4, 0.5) is 0 Å². The first-order valence-electron chi connectivity index (χ1n) is 4.29. The molecule has 0 heterocycles. The smallest absolute Gasteiger partial charge is 0.331 e.